The number of aromatic nitrogens is 4. The monoisotopic (exact) mass is 813 g/mol. The van der Waals surface area contributed by atoms with Gasteiger partial charge in [-0.25, -0.2) is 15.0 Å². The highest BCUT2D eigenvalue weighted by Crippen LogP contribution is 2.46. The highest BCUT2D eigenvalue weighted by molar-refractivity contribution is 7.26. The number of nitrogens with zero attached hydrogens (tertiary/aromatic N) is 4. The zero-order valence-electron chi connectivity index (χ0n) is 38.1. The number of benzene rings is 9. The van der Waals surface area contributed by atoms with Crippen LogP contribution < -0.4 is 0 Å². The van der Waals surface area contributed by atoms with Crippen LogP contribution in [0.5, 0.6) is 0 Å². The largest absolute Gasteiger partial charge is 0.309 e. The SMILES string of the molecule is [2H]c1c([2H])c([2H])c(-c2nc(-c3cccc(-c4ccccc4)c3)nc(-c3cc(-n4c5ccccc5c5ccccc54)cc4c3sc3c(-c5ccc(-c6ccccc6)cc5)cccc34)n2)c([2H])c1[2H]. The minimum atomic E-state index is -0.486. The summed E-state index contributed by atoms with van der Waals surface area (Å²) in [6.45, 7) is 0. The van der Waals surface area contributed by atoms with E-state index in [4.69, 9.17) is 21.8 Å². The predicted molar refractivity (Wildman–Crippen MR) is 260 cm³/mol. The summed E-state index contributed by atoms with van der Waals surface area (Å²) in [5.74, 6) is 0.600. The van der Waals surface area contributed by atoms with Gasteiger partial charge in [0.05, 0.1) is 17.9 Å². The highest BCUT2D eigenvalue weighted by atomic mass is 32.1. The number of rotatable bonds is 7. The Hall–Kier alpha value is -7.99. The lowest BCUT2D eigenvalue weighted by Gasteiger charge is -2.13. The van der Waals surface area contributed by atoms with Crippen molar-refractivity contribution in [2.45, 2.75) is 0 Å². The van der Waals surface area contributed by atoms with E-state index in [-0.39, 0.29) is 23.5 Å². The predicted octanol–water partition coefficient (Wildman–Crippen LogP) is 15.3. The van der Waals surface area contributed by atoms with E-state index in [1.165, 1.54) is 0 Å². The number of para-hydroxylation sites is 2. The smallest absolute Gasteiger partial charge is 0.165 e. The van der Waals surface area contributed by atoms with Gasteiger partial charge in [-0.2, -0.15) is 0 Å². The molecule has 0 saturated carbocycles. The molecular weight excluding hydrogens is 773 g/mol. The topological polar surface area (TPSA) is 43.6 Å². The standard InChI is InChI=1S/C57H36N4S/c1-4-16-37(17-5-1)39-30-32-40(33-31-39)45-26-15-27-48-49-35-44(61-51-28-12-10-24-46(51)47-25-11-13-29-52(47)61)36-50(54(49)62-53(45)48)57-59-55(41-20-8-3-9-21-41)58-56(60-57)43-23-14-22-42(34-43)38-18-6-2-7-19-38/h1-36H/i3D,8D,9D,20D,21D. The molecule has 0 amide bonds. The highest BCUT2D eigenvalue weighted by Gasteiger charge is 2.22. The Morgan fingerprint density at radius 2 is 0.871 bits per heavy atom. The molecule has 0 bridgehead atoms. The first-order valence-corrected chi connectivity index (χ1v) is 21.3. The van der Waals surface area contributed by atoms with Crippen LogP contribution in [0.25, 0.3) is 115 Å². The van der Waals surface area contributed by atoms with Crippen LogP contribution in [-0.2, 0) is 0 Å². The lowest BCUT2D eigenvalue weighted by Crippen LogP contribution is -2.01. The molecule has 12 rings (SSSR count). The second-order valence-electron chi connectivity index (χ2n) is 15.2. The van der Waals surface area contributed by atoms with Crippen molar-refractivity contribution in [1.29, 1.82) is 0 Å². The molecule has 5 heteroatoms. The summed E-state index contributed by atoms with van der Waals surface area (Å²) in [6, 6.07) is 62.5. The van der Waals surface area contributed by atoms with Crippen LogP contribution in [0.4, 0.5) is 0 Å². The van der Waals surface area contributed by atoms with Gasteiger partial charge in [0.1, 0.15) is 0 Å². The number of fused-ring (bicyclic) bond motifs is 6. The zero-order valence-corrected chi connectivity index (χ0v) is 33.9. The Kier molecular flexibility index (Phi) is 7.46. The molecule has 0 atom stereocenters. The third kappa shape index (κ3) is 6.18. The van der Waals surface area contributed by atoms with Gasteiger partial charge >= 0.3 is 0 Å². The Morgan fingerprint density at radius 3 is 1.58 bits per heavy atom. The molecule has 0 saturated heterocycles. The first kappa shape index (κ1) is 31.0. The van der Waals surface area contributed by atoms with Crippen molar-refractivity contribution in [1.82, 2.24) is 19.5 Å². The molecule has 0 aliphatic carbocycles. The molecule has 0 unspecified atom stereocenters. The lowest BCUT2D eigenvalue weighted by atomic mass is 9.98. The lowest BCUT2D eigenvalue weighted by molar-refractivity contribution is 1.07. The Bertz CT molecular complexity index is 3840. The molecule has 0 spiro atoms. The summed E-state index contributed by atoms with van der Waals surface area (Å²) >= 11 is 1.67. The maximum Gasteiger partial charge on any atom is 0.165 e. The quantitative estimate of drug-likeness (QED) is 0.161. The third-order valence-electron chi connectivity index (χ3n) is 11.6. The minimum Gasteiger partial charge on any atom is -0.309 e. The number of hydrogen-bond acceptors (Lipinski definition) is 4. The van der Waals surface area contributed by atoms with Crippen molar-refractivity contribution < 1.29 is 6.85 Å². The van der Waals surface area contributed by atoms with E-state index < -0.39 is 18.1 Å². The molecule has 62 heavy (non-hydrogen) atoms. The molecular formula is C57H36N4S. The van der Waals surface area contributed by atoms with E-state index in [2.05, 4.69) is 132 Å². The minimum absolute atomic E-state index is 0.0159. The normalized spacial score (nSPS) is 12.7. The molecule has 290 valence electrons. The number of thiophene rings is 1. The van der Waals surface area contributed by atoms with Crippen LogP contribution in [-0.4, -0.2) is 19.5 Å². The molecule has 4 nitrogen and oxygen atoms in total. The first-order valence-electron chi connectivity index (χ1n) is 22.9. The van der Waals surface area contributed by atoms with Crippen molar-refractivity contribution in [3.8, 4) is 73.2 Å². The van der Waals surface area contributed by atoms with Crippen molar-refractivity contribution >= 4 is 53.3 Å². The van der Waals surface area contributed by atoms with Gasteiger partial charge in [0.25, 0.3) is 0 Å². The van der Waals surface area contributed by atoms with E-state index >= 15 is 0 Å². The maximum absolute atomic E-state index is 9.05. The first-order chi connectivity index (χ1) is 32.8. The maximum atomic E-state index is 9.05. The molecule has 0 aliphatic rings. The van der Waals surface area contributed by atoms with Crippen LogP contribution in [0.1, 0.15) is 6.85 Å². The molecule has 12 aromatic rings. The fourth-order valence-corrected chi connectivity index (χ4v) is 9.98. The summed E-state index contributed by atoms with van der Waals surface area (Å²) in [5.41, 5.74) is 10.7. The Balaban J connectivity index is 1.16. The van der Waals surface area contributed by atoms with E-state index in [0.29, 0.717) is 17.2 Å². The Morgan fingerprint density at radius 1 is 0.355 bits per heavy atom. The van der Waals surface area contributed by atoms with Crippen LogP contribution in [0.3, 0.4) is 0 Å². The van der Waals surface area contributed by atoms with Gasteiger partial charge in [-0.1, -0.05) is 188 Å². The summed E-state index contributed by atoms with van der Waals surface area (Å²) in [5, 5.41) is 4.33. The summed E-state index contributed by atoms with van der Waals surface area (Å²) in [6.07, 6.45) is 0. The van der Waals surface area contributed by atoms with Crippen LogP contribution in [0, 0.1) is 0 Å². The molecule has 3 aromatic heterocycles. The Labute approximate surface area is 369 Å². The van der Waals surface area contributed by atoms with E-state index in [1.54, 1.807) is 11.3 Å². The molecule has 0 aliphatic heterocycles. The molecule has 0 N–H and O–H groups in total. The molecule has 0 fully saturated rings. The fourth-order valence-electron chi connectivity index (χ4n) is 8.65. The van der Waals surface area contributed by atoms with Crippen molar-refractivity contribution in [2.75, 3.05) is 0 Å². The second-order valence-corrected chi connectivity index (χ2v) is 16.2. The van der Waals surface area contributed by atoms with Crippen molar-refractivity contribution in [3.05, 3.63) is 218 Å². The van der Waals surface area contributed by atoms with E-state index in [9.17, 15) is 0 Å². The van der Waals surface area contributed by atoms with Gasteiger partial charge in [0.2, 0.25) is 0 Å². The third-order valence-corrected chi connectivity index (χ3v) is 12.8. The van der Waals surface area contributed by atoms with Gasteiger partial charge in [-0.3, -0.25) is 0 Å². The number of hydrogen-bond donors (Lipinski definition) is 0. The fraction of sp³-hybridized carbons (Fsp3) is 0. The van der Waals surface area contributed by atoms with E-state index in [1.807, 2.05) is 60.7 Å². The average Bonchev–Trinajstić information content (AvgIpc) is 3.94. The second kappa shape index (κ2) is 14.9. The van der Waals surface area contributed by atoms with Gasteiger partial charge in [-0.05, 0) is 63.7 Å². The summed E-state index contributed by atoms with van der Waals surface area (Å²) in [4.78, 5) is 15.3. The van der Waals surface area contributed by atoms with Gasteiger partial charge in [0, 0.05) is 53.3 Å². The summed E-state index contributed by atoms with van der Waals surface area (Å²) < 4.78 is 48.0. The van der Waals surface area contributed by atoms with Gasteiger partial charge in [0.15, 0.2) is 17.5 Å². The molecule has 9 aromatic carbocycles. The van der Waals surface area contributed by atoms with Gasteiger partial charge < -0.3 is 4.57 Å². The average molecular weight is 814 g/mol. The molecule has 3 heterocycles. The van der Waals surface area contributed by atoms with Crippen LogP contribution >= 0.6 is 11.3 Å². The van der Waals surface area contributed by atoms with Crippen LogP contribution in [0.15, 0.2) is 218 Å². The van der Waals surface area contributed by atoms with Crippen molar-refractivity contribution in [3.63, 3.8) is 0 Å². The van der Waals surface area contributed by atoms with Gasteiger partial charge in [-0.15, -0.1) is 11.3 Å². The summed E-state index contributed by atoms with van der Waals surface area (Å²) in [7, 11) is 0. The molecule has 0 radical (unpaired) electrons. The van der Waals surface area contributed by atoms with Crippen LogP contribution in [0.2, 0.25) is 0 Å². The van der Waals surface area contributed by atoms with E-state index in [0.717, 1.165) is 86.6 Å². The van der Waals surface area contributed by atoms with Crippen molar-refractivity contribution in [2.24, 2.45) is 0 Å². The zero-order chi connectivity index (χ0) is 45.3.